The van der Waals surface area contributed by atoms with Crippen LogP contribution in [0.4, 0.5) is 10.7 Å². The number of carbonyl (C=O) groups excluding carboxylic acids is 1. The number of aromatic nitrogens is 3. The largest absolute Gasteiger partial charge is 0.394 e. The molecule has 1 aliphatic rings. The van der Waals surface area contributed by atoms with E-state index in [1.54, 1.807) is 40.1 Å². The van der Waals surface area contributed by atoms with Gasteiger partial charge in [0.25, 0.3) is 0 Å². The zero-order valence-corrected chi connectivity index (χ0v) is 18.7. The summed E-state index contributed by atoms with van der Waals surface area (Å²) in [6.45, 7) is 4.28. The number of aliphatic hydroxyl groups is 1. The average molecular weight is 460 g/mol. The van der Waals surface area contributed by atoms with E-state index in [1.165, 1.54) is 0 Å². The van der Waals surface area contributed by atoms with Crippen molar-refractivity contribution < 1.29 is 9.90 Å². The van der Waals surface area contributed by atoms with Crippen molar-refractivity contribution in [3.8, 4) is 11.3 Å². The molecule has 0 unspecified atom stereocenters. The molecule has 9 heteroatoms. The number of amides is 1. The third-order valence-corrected chi connectivity index (χ3v) is 5.98. The topological polar surface area (TPSA) is 83.3 Å². The average Bonchev–Trinajstić information content (AvgIpc) is 3.30. The summed E-state index contributed by atoms with van der Waals surface area (Å²) in [7, 11) is 0. The van der Waals surface area contributed by atoms with Crippen molar-refractivity contribution >= 4 is 35.2 Å². The van der Waals surface area contributed by atoms with Gasteiger partial charge in [0, 0.05) is 28.5 Å². The molecule has 2 N–H and O–H groups in total. The van der Waals surface area contributed by atoms with Gasteiger partial charge in [0.05, 0.1) is 36.1 Å². The highest BCUT2D eigenvalue weighted by atomic mass is 35.5. The second-order valence-electron chi connectivity index (χ2n) is 7.60. The molecule has 0 saturated carbocycles. The predicted molar refractivity (Wildman–Crippen MR) is 121 cm³/mol. The van der Waals surface area contributed by atoms with E-state index in [4.69, 9.17) is 23.2 Å². The zero-order chi connectivity index (χ0) is 22.1. The van der Waals surface area contributed by atoms with Crippen LogP contribution in [0.1, 0.15) is 37.6 Å². The van der Waals surface area contributed by atoms with Crippen molar-refractivity contribution in [3.05, 3.63) is 64.0 Å². The number of halogens is 2. The van der Waals surface area contributed by atoms with Crippen LogP contribution < -0.4 is 5.32 Å². The molecule has 31 heavy (non-hydrogen) atoms. The number of benzene rings is 1. The number of nitrogens with one attached hydrogen (secondary N) is 1. The SMILES string of the molecule is CC[C@@H](C)Nc1ncc(Cl)c(-c2cc3n(c2)C(=O)N([C@H](CO)c2cccc(Cl)c2)C3)n1. The summed E-state index contributed by atoms with van der Waals surface area (Å²) in [5.74, 6) is 0.495. The first-order valence-corrected chi connectivity index (χ1v) is 10.8. The van der Waals surface area contributed by atoms with Gasteiger partial charge >= 0.3 is 6.03 Å². The Kier molecular flexibility index (Phi) is 6.18. The number of nitrogens with zero attached hydrogens (tertiary/aromatic N) is 4. The molecule has 3 heterocycles. The summed E-state index contributed by atoms with van der Waals surface area (Å²) >= 11 is 12.4. The summed E-state index contributed by atoms with van der Waals surface area (Å²) in [6, 6.07) is 8.61. The number of aliphatic hydroxyl groups excluding tert-OH is 1. The number of carbonyl (C=O) groups is 1. The molecule has 0 aliphatic carbocycles. The van der Waals surface area contributed by atoms with Gasteiger partial charge in [-0.3, -0.25) is 4.57 Å². The lowest BCUT2D eigenvalue weighted by molar-refractivity contribution is 0.141. The standard InChI is InChI=1S/C22H23Cl2N5O2/c1-3-13(2)26-21-25-9-18(24)20(27-21)15-8-17-11-29(22(31)28(17)10-15)19(12-30)14-5-4-6-16(23)7-14/h4-10,13,19,30H,3,11-12H2,1-2H3,(H,25,26,27)/t13-,19-/m1/s1. The molecule has 2 aromatic heterocycles. The number of rotatable bonds is 7. The molecule has 4 rings (SSSR count). The van der Waals surface area contributed by atoms with E-state index in [2.05, 4.69) is 29.1 Å². The number of fused-ring (bicyclic) bond motifs is 1. The van der Waals surface area contributed by atoms with Crippen LogP contribution in [0.3, 0.4) is 0 Å². The molecule has 162 valence electrons. The molecule has 0 spiro atoms. The monoisotopic (exact) mass is 459 g/mol. The van der Waals surface area contributed by atoms with E-state index >= 15 is 0 Å². The third-order valence-electron chi connectivity index (χ3n) is 5.47. The Morgan fingerprint density at radius 1 is 1.29 bits per heavy atom. The highest BCUT2D eigenvalue weighted by Gasteiger charge is 2.34. The van der Waals surface area contributed by atoms with Crippen molar-refractivity contribution in [2.45, 2.75) is 38.9 Å². The Morgan fingerprint density at radius 3 is 2.77 bits per heavy atom. The van der Waals surface area contributed by atoms with E-state index < -0.39 is 6.04 Å². The zero-order valence-electron chi connectivity index (χ0n) is 17.2. The van der Waals surface area contributed by atoms with E-state index in [-0.39, 0.29) is 18.7 Å². The Balaban J connectivity index is 1.61. The lowest BCUT2D eigenvalue weighted by Gasteiger charge is -2.26. The van der Waals surface area contributed by atoms with Crippen LogP contribution in [-0.4, -0.2) is 43.2 Å². The molecule has 1 aliphatic heterocycles. The van der Waals surface area contributed by atoms with Crippen LogP contribution in [0.15, 0.2) is 42.7 Å². The molecule has 2 atom stereocenters. The van der Waals surface area contributed by atoms with E-state index in [0.717, 1.165) is 23.2 Å². The van der Waals surface area contributed by atoms with E-state index in [9.17, 15) is 9.90 Å². The molecule has 1 amide bonds. The molecular formula is C22H23Cl2N5O2. The molecule has 7 nitrogen and oxygen atoms in total. The van der Waals surface area contributed by atoms with Gasteiger partial charge in [-0.1, -0.05) is 42.3 Å². The van der Waals surface area contributed by atoms with E-state index in [1.807, 2.05) is 12.1 Å². The molecule has 1 aromatic carbocycles. The van der Waals surface area contributed by atoms with Gasteiger partial charge in [-0.2, -0.15) is 0 Å². The van der Waals surface area contributed by atoms with Crippen LogP contribution in [0.5, 0.6) is 0 Å². The van der Waals surface area contributed by atoms with Gasteiger partial charge in [-0.15, -0.1) is 0 Å². The first kappa shape index (κ1) is 21.6. The highest BCUT2D eigenvalue weighted by molar-refractivity contribution is 6.33. The van der Waals surface area contributed by atoms with Crippen molar-refractivity contribution in [1.82, 2.24) is 19.4 Å². The summed E-state index contributed by atoms with van der Waals surface area (Å²) in [6.07, 6.45) is 4.22. The normalized spacial score (nSPS) is 15.1. The van der Waals surface area contributed by atoms with Crippen molar-refractivity contribution in [2.24, 2.45) is 0 Å². The van der Waals surface area contributed by atoms with Crippen molar-refractivity contribution in [3.63, 3.8) is 0 Å². The fourth-order valence-electron chi connectivity index (χ4n) is 3.62. The Bertz CT molecular complexity index is 1120. The second-order valence-corrected chi connectivity index (χ2v) is 8.44. The van der Waals surface area contributed by atoms with Crippen LogP contribution in [-0.2, 0) is 6.54 Å². The number of hydrogen-bond donors (Lipinski definition) is 2. The molecule has 0 radical (unpaired) electrons. The smallest absolute Gasteiger partial charge is 0.329 e. The predicted octanol–water partition coefficient (Wildman–Crippen LogP) is 4.98. The molecule has 3 aromatic rings. The van der Waals surface area contributed by atoms with Gasteiger partial charge < -0.3 is 15.3 Å². The van der Waals surface area contributed by atoms with Gasteiger partial charge in [-0.25, -0.2) is 14.8 Å². The lowest BCUT2D eigenvalue weighted by Crippen LogP contribution is -2.32. The van der Waals surface area contributed by atoms with Crippen LogP contribution in [0.25, 0.3) is 11.3 Å². The van der Waals surface area contributed by atoms with Gasteiger partial charge in [0.2, 0.25) is 5.95 Å². The maximum atomic E-state index is 13.1. The second kappa shape index (κ2) is 8.86. The molecule has 0 bridgehead atoms. The minimum Gasteiger partial charge on any atom is -0.394 e. The minimum atomic E-state index is -0.483. The highest BCUT2D eigenvalue weighted by Crippen LogP contribution is 2.34. The van der Waals surface area contributed by atoms with E-state index in [0.29, 0.717) is 28.2 Å². The van der Waals surface area contributed by atoms with Crippen LogP contribution in [0.2, 0.25) is 10.0 Å². The quantitative estimate of drug-likeness (QED) is 0.520. The first-order chi connectivity index (χ1) is 14.9. The fourth-order valence-corrected chi connectivity index (χ4v) is 4.02. The summed E-state index contributed by atoms with van der Waals surface area (Å²) < 4.78 is 1.57. The van der Waals surface area contributed by atoms with Gasteiger partial charge in [0.15, 0.2) is 0 Å². The first-order valence-electron chi connectivity index (χ1n) is 10.1. The summed E-state index contributed by atoms with van der Waals surface area (Å²) in [4.78, 5) is 23.5. The fraction of sp³-hybridized carbons (Fsp3) is 0.318. The minimum absolute atomic E-state index is 0.202. The Labute approximate surface area is 190 Å². The summed E-state index contributed by atoms with van der Waals surface area (Å²) in [5.41, 5.74) is 2.89. The van der Waals surface area contributed by atoms with Crippen LogP contribution >= 0.6 is 23.2 Å². The molecular weight excluding hydrogens is 437 g/mol. The maximum Gasteiger partial charge on any atom is 0.329 e. The number of hydrogen-bond acceptors (Lipinski definition) is 5. The van der Waals surface area contributed by atoms with Crippen LogP contribution in [0, 0.1) is 0 Å². The number of anilines is 1. The van der Waals surface area contributed by atoms with Gasteiger partial charge in [-0.05, 0) is 37.1 Å². The van der Waals surface area contributed by atoms with Crippen molar-refractivity contribution in [2.75, 3.05) is 11.9 Å². The summed E-state index contributed by atoms with van der Waals surface area (Å²) in [5, 5.41) is 14.2. The maximum absolute atomic E-state index is 13.1. The third kappa shape index (κ3) is 4.26. The van der Waals surface area contributed by atoms with Crippen molar-refractivity contribution in [1.29, 1.82) is 0 Å². The van der Waals surface area contributed by atoms with Gasteiger partial charge in [0.1, 0.15) is 0 Å². The molecule has 0 fully saturated rings. The lowest BCUT2D eigenvalue weighted by atomic mass is 10.1. The Morgan fingerprint density at radius 2 is 2.10 bits per heavy atom. The Hall–Kier alpha value is -2.61. The molecule has 0 saturated heterocycles.